The van der Waals surface area contributed by atoms with Gasteiger partial charge in [0.15, 0.2) is 18.1 Å². The molecule has 28 heavy (non-hydrogen) atoms. The van der Waals surface area contributed by atoms with Crippen molar-refractivity contribution in [2.45, 2.75) is 26.4 Å². The Bertz CT molecular complexity index is 812. The zero-order chi connectivity index (χ0) is 20.5. The Labute approximate surface area is 174 Å². The minimum atomic E-state index is -0.632. The maximum absolute atomic E-state index is 12.9. The fourth-order valence-electron chi connectivity index (χ4n) is 2.70. The van der Waals surface area contributed by atoms with E-state index in [1.165, 1.54) is 4.90 Å². The van der Waals surface area contributed by atoms with Gasteiger partial charge in [0.05, 0.1) is 7.11 Å². The van der Waals surface area contributed by atoms with E-state index in [2.05, 4.69) is 21.2 Å². The molecule has 2 aromatic carbocycles. The van der Waals surface area contributed by atoms with E-state index in [0.29, 0.717) is 24.6 Å². The summed E-state index contributed by atoms with van der Waals surface area (Å²) in [4.78, 5) is 26.8. The van der Waals surface area contributed by atoms with Crippen LogP contribution in [0.3, 0.4) is 0 Å². The first kappa shape index (κ1) is 21.8. The maximum atomic E-state index is 12.9. The lowest BCUT2D eigenvalue weighted by atomic mass is 10.1. The van der Waals surface area contributed by atoms with Crippen molar-refractivity contribution in [1.29, 1.82) is 0 Å². The second-order valence-electron chi connectivity index (χ2n) is 6.16. The summed E-state index contributed by atoms with van der Waals surface area (Å²) in [7, 11) is 1.54. The number of halogens is 1. The lowest BCUT2D eigenvalue weighted by Crippen LogP contribution is -2.49. The summed E-state index contributed by atoms with van der Waals surface area (Å²) >= 11 is 3.44. The van der Waals surface area contributed by atoms with Crippen LogP contribution in [0.25, 0.3) is 0 Å². The second-order valence-corrected chi connectivity index (χ2v) is 7.08. The lowest BCUT2D eigenvalue weighted by molar-refractivity contribution is -0.142. The van der Waals surface area contributed by atoms with E-state index in [-0.39, 0.29) is 18.4 Å². The van der Waals surface area contributed by atoms with Crippen molar-refractivity contribution >= 4 is 27.7 Å². The predicted molar refractivity (Wildman–Crippen MR) is 111 cm³/mol. The van der Waals surface area contributed by atoms with Gasteiger partial charge in [0.1, 0.15) is 6.04 Å². The Balaban J connectivity index is 2.16. The summed E-state index contributed by atoms with van der Waals surface area (Å²) in [6.45, 7) is 4.16. The number of benzene rings is 2. The van der Waals surface area contributed by atoms with Crippen LogP contribution in [0.1, 0.15) is 19.4 Å². The highest BCUT2D eigenvalue weighted by molar-refractivity contribution is 9.10. The largest absolute Gasteiger partial charge is 0.493 e. The number of nitrogens with zero attached hydrogens (tertiary/aromatic N) is 1. The molecule has 0 aliphatic rings. The molecule has 1 N–H and O–H groups in total. The summed E-state index contributed by atoms with van der Waals surface area (Å²) < 4.78 is 11.8. The van der Waals surface area contributed by atoms with Gasteiger partial charge in [0.25, 0.3) is 5.91 Å². The third-order valence-corrected chi connectivity index (χ3v) is 4.67. The van der Waals surface area contributed by atoms with Gasteiger partial charge in [-0.1, -0.05) is 40.2 Å². The van der Waals surface area contributed by atoms with Crippen molar-refractivity contribution in [3.63, 3.8) is 0 Å². The van der Waals surface area contributed by atoms with E-state index in [0.717, 1.165) is 10.0 Å². The van der Waals surface area contributed by atoms with Crippen LogP contribution in [0.15, 0.2) is 53.0 Å². The maximum Gasteiger partial charge on any atom is 0.261 e. The summed E-state index contributed by atoms with van der Waals surface area (Å²) in [5.74, 6) is 0.532. The number of hydrogen-bond donors (Lipinski definition) is 1. The van der Waals surface area contributed by atoms with E-state index >= 15 is 0 Å². The Kier molecular flexibility index (Phi) is 8.32. The molecule has 0 aromatic heterocycles. The van der Waals surface area contributed by atoms with Crippen LogP contribution in [0.5, 0.6) is 11.5 Å². The van der Waals surface area contributed by atoms with E-state index in [9.17, 15) is 9.59 Å². The molecule has 2 amide bonds. The van der Waals surface area contributed by atoms with Gasteiger partial charge in [-0.3, -0.25) is 9.59 Å². The van der Waals surface area contributed by atoms with Gasteiger partial charge < -0.3 is 19.7 Å². The predicted octanol–water partition coefficient (Wildman–Crippen LogP) is 3.39. The average molecular weight is 449 g/mol. The molecule has 2 aromatic rings. The van der Waals surface area contributed by atoms with Gasteiger partial charge in [0.2, 0.25) is 5.91 Å². The van der Waals surface area contributed by atoms with Gasteiger partial charge in [-0.2, -0.15) is 0 Å². The number of nitrogens with one attached hydrogen (secondary N) is 1. The van der Waals surface area contributed by atoms with Crippen molar-refractivity contribution in [3.05, 3.63) is 58.6 Å². The molecular weight excluding hydrogens is 424 g/mol. The number of amides is 2. The monoisotopic (exact) mass is 448 g/mol. The topological polar surface area (TPSA) is 67.9 Å². The van der Waals surface area contributed by atoms with E-state index < -0.39 is 6.04 Å². The fraction of sp³-hybridized carbons (Fsp3) is 0.333. The normalized spacial score (nSPS) is 11.4. The molecule has 7 heteroatoms. The molecular formula is C21H25BrN2O4. The van der Waals surface area contributed by atoms with Crippen LogP contribution in [0, 0.1) is 0 Å². The number of para-hydroxylation sites is 2. The van der Waals surface area contributed by atoms with Crippen molar-refractivity contribution < 1.29 is 19.1 Å². The molecule has 0 saturated heterocycles. The fourth-order valence-corrected chi connectivity index (χ4v) is 3.14. The van der Waals surface area contributed by atoms with Gasteiger partial charge >= 0.3 is 0 Å². The summed E-state index contributed by atoms with van der Waals surface area (Å²) in [6.07, 6.45) is 0. The number of carbonyl (C=O) groups is 2. The highest BCUT2D eigenvalue weighted by Crippen LogP contribution is 2.26. The molecule has 0 unspecified atom stereocenters. The van der Waals surface area contributed by atoms with Gasteiger partial charge in [-0.25, -0.2) is 0 Å². The number of rotatable bonds is 9. The standard InChI is InChI=1S/C21H25BrN2O4/c1-4-23-21(26)15(2)24(13-16-8-7-9-17(22)12-16)20(25)14-28-19-11-6-5-10-18(19)27-3/h5-12,15H,4,13-14H2,1-3H3,(H,23,26)/t15-/m0/s1. The number of likely N-dealkylation sites (N-methyl/N-ethyl adjacent to an activating group) is 1. The third-order valence-electron chi connectivity index (χ3n) is 4.18. The van der Waals surface area contributed by atoms with E-state index in [1.54, 1.807) is 32.2 Å². The quantitative estimate of drug-likeness (QED) is 0.638. The second kappa shape index (κ2) is 10.7. The van der Waals surface area contributed by atoms with Crippen LogP contribution >= 0.6 is 15.9 Å². The van der Waals surface area contributed by atoms with Gasteiger partial charge in [0, 0.05) is 17.6 Å². The molecule has 150 valence electrons. The first-order chi connectivity index (χ1) is 13.5. The Morgan fingerprint density at radius 2 is 1.86 bits per heavy atom. The van der Waals surface area contributed by atoms with E-state index in [4.69, 9.17) is 9.47 Å². The molecule has 0 fully saturated rings. The van der Waals surface area contributed by atoms with Crippen molar-refractivity contribution in [2.75, 3.05) is 20.3 Å². The van der Waals surface area contributed by atoms with Crippen molar-refractivity contribution in [3.8, 4) is 11.5 Å². The average Bonchev–Trinajstić information content (AvgIpc) is 2.70. The van der Waals surface area contributed by atoms with Crippen LogP contribution in [0.2, 0.25) is 0 Å². The van der Waals surface area contributed by atoms with Gasteiger partial charge in [-0.15, -0.1) is 0 Å². The number of methoxy groups -OCH3 is 1. The van der Waals surface area contributed by atoms with Crippen LogP contribution < -0.4 is 14.8 Å². The Hall–Kier alpha value is -2.54. The first-order valence-corrected chi connectivity index (χ1v) is 9.83. The molecule has 0 saturated carbocycles. The molecule has 0 spiro atoms. The van der Waals surface area contributed by atoms with Crippen molar-refractivity contribution in [2.24, 2.45) is 0 Å². The van der Waals surface area contributed by atoms with E-state index in [1.807, 2.05) is 37.3 Å². The first-order valence-electron chi connectivity index (χ1n) is 9.03. The minimum Gasteiger partial charge on any atom is -0.493 e. The molecule has 1 atom stereocenters. The van der Waals surface area contributed by atoms with Crippen LogP contribution in [-0.4, -0.2) is 43.0 Å². The van der Waals surface area contributed by atoms with Gasteiger partial charge in [-0.05, 0) is 43.7 Å². The Morgan fingerprint density at radius 1 is 1.14 bits per heavy atom. The number of ether oxygens (including phenoxy) is 2. The zero-order valence-electron chi connectivity index (χ0n) is 16.3. The molecule has 0 aliphatic heterocycles. The highest BCUT2D eigenvalue weighted by Gasteiger charge is 2.26. The molecule has 0 heterocycles. The molecule has 2 rings (SSSR count). The smallest absolute Gasteiger partial charge is 0.261 e. The number of carbonyl (C=O) groups excluding carboxylic acids is 2. The SMILES string of the molecule is CCNC(=O)[C@H](C)N(Cc1cccc(Br)c1)C(=O)COc1ccccc1OC. The van der Waals surface area contributed by atoms with Crippen LogP contribution in [0.4, 0.5) is 0 Å². The summed E-state index contributed by atoms with van der Waals surface area (Å²) in [5.41, 5.74) is 0.913. The molecule has 0 radical (unpaired) electrons. The molecule has 6 nitrogen and oxygen atoms in total. The molecule has 0 aliphatic carbocycles. The zero-order valence-corrected chi connectivity index (χ0v) is 17.9. The lowest BCUT2D eigenvalue weighted by Gasteiger charge is -2.28. The third kappa shape index (κ3) is 5.99. The van der Waals surface area contributed by atoms with Crippen LogP contribution in [-0.2, 0) is 16.1 Å². The Morgan fingerprint density at radius 3 is 2.50 bits per heavy atom. The molecule has 0 bridgehead atoms. The summed E-state index contributed by atoms with van der Waals surface area (Å²) in [5, 5.41) is 2.77. The van der Waals surface area contributed by atoms with Crippen molar-refractivity contribution in [1.82, 2.24) is 10.2 Å². The highest BCUT2D eigenvalue weighted by atomic mass is 79.9. The minimum absolute atomic E-state index is 0.196. The number of hydrogen-bond acceptors (Lipinski definition) is 4. The summed E-state index contributed by atoms with van der Waals surface area (Å²) in [6, 6.07) is 14.1.